The summed E-state index contributed by atoms with van der Waals surface area (Å²) < 4.78 is 45.0. The molecule has 0 saturated heterocycles. The zero-order valence-electron chi connectivity index (χ0n) is 33.5. The maximum absolute atomic E-state index is 17.2. The fourth-order valence-electron chi connectivity index (χ4n) is 6.54. The van der Waals surface area contributed by atoms with E-state index in [-0.39, 0.29) is 30.2 Å². The molecule has 13 nitrogen and oxygen atoms in total. The molecule has 0 fully saturated rings. The number of nitrogens with zero attached hydrogens (tertiary/aromatic N) is 7. The van der Waals surface area contributed by atoms with Crippen molar-refractivity contribution >= 4 is 11.4 Å². The third-order valence-corrected chi connectivity index (χ3v) is 9.32. The van der Waals surface area contributed by atoms with Crippen LogP contribution in [0, 0.1) is 19.7 Å². The number of rotatable bonds is 14. The first kappa shape index (κ1) is 40.0. The van der Waals surface area contributed by atoms with Gasteiger partial charge in [0.25, 0.3) is 5.91 Å². The number of nitrogens with one attached hydrogen (secondary N) is 1. The minimum absolute atomic E-state index is 0.0676. The van der Waals surface area contributed by atoms with E-state index in [0.29, 0.717) is 70.1 Å². The Balaban J connectivity index is 0.00000270. The number of methoxy groups -OCH3 is 3. The van der Waals surface area contributed by atoms with Crippen molar-refractivity contribution in [1.82, 2.24) is 39.2 Å². The number of fused-ring (bicyclic) bond motifs is 1. The van der Waals surface area contributed by atoms with Gasteiger partial charge in [0.2, 0.25) is 0 Å². The maximum atomic E-state index is 17.2. The van der Waals surface area contributed by atoms with Crippen LogP contribution in [0.15, 0.2) is 85.2 Å². The van der Waals surface area contributed by atoms with E-state index < -0.39 is 11.7 Å². The molecule has 57 heavy (non-hydrogen) atoms. The Kier molecular flexibility index (Phi) is 12.5. The van der Waals surface area contributed by atoms with Crippen LogP contribution >= 0.6 is 0 Å². The third-order valence-electron chi connectivity index (χ3n) is 9.32. The highest BCUT2D eigenvalue weighted by Gasteiger charge is 2.31. The minimum Gasteiger partial charge on any atom is -0.497 e. The zero-order valence-corrected chi connectivity index (χ0v) is 33.5. The summed E-state index contributed by atoms with van der Waals surface area (Å²) >= 11 is 0. The second-order valence-electron chi connectivity index (χ2n) is 12.8. The van der Waals surface area contributed by atoms with E-state index in [4.69, 9.17) is 24.0 Å². The Hall–Kier alpha value is -6.70. The van der Waals surface area contributed by atoms with Crippen LogP contribution in [0.25, 0.3) is 28.4 Å². The summed E-state index contributed by atoms with van der Waals surface area (Å²) in [5, 5.41) is 17.0. The molecule has 14 heteroatoms. The Bertz CT molecular complexity index is 2470. The first-order valence-electron chi connectivity index (χ1n) is 18.7. The lowest BCUT2D eigenvalue weighted by molar-refractivity contribution is 0.0940. The summed E-state index contributed by atoms with van der Waals surface area (Å²) in [4.78, 5) is 18.5. The lowest BCUT2D eigenvalue weighted by Crippen LogP contribution is -2.25. The normalized spacial score (nSPS) is 10.9. The molecule has 3 aromatic carbocycles. The van der Waals surface area contributed by atoms with E-state index in [1.807, 2.05) is 86.9 Å². The van der Waals surface area contributed by atoms with Gasteiger partial charge in [0.1, 0.15) is 40.9 Å². The summed E-state index contributed by atoms with van der Waals surface area (Å²) in [6.07, 6.45) is 3.17. The lowest BCUT2D eigenvalue weighted by Gasteiger charge is -2.14. The second-order valence-corrected chi connectivity index (χ2v) is 12.8. The molecule has 0 unspecified atom stereocenters. The van der Waals surface area contributed by atoms with Crippen LogP contribution in [0.5, 0.6) is 23.0 Å². The van der Waals surface area contributed by atoms with E-state index in [1.165, 1.54) is 17.7 Å². The summed E-state index contributed by atoms with van der Waals surface area (Å²) in [7, 11) is 4.70. The first-order chi connectivity index (χ1) is 27.7. The number of carbonyl (C=O) groups excluding carboxylic acids is 1. The quantitative estimate of drug-likeness (QED) is 0.117. The van der Waals surface area contributed by atoms with Crippen LogP contribution in [-0.4, -0.2) is 61.2 Å². The van der Waals surface area contributed by atoms with Gasteiger partial charge in [-0.3, -0.25) is 14.5 Å². The summed E-state index contributed by atoms with van der Waals surface area (Å²) in [5.41, 5.74) is 4.59. The molecule has 0 spiro atoms. The molecule has 4 aromatic heterocycles. The highest BCUT2D eigenvalue weighted by atomic mass is 19.1. The Labute approximate surface area is 331 Å². The molecule has 296 valence electrons. The van der Waals surface area contributed by atoms with Crippen molar-refractivity contribution in [2.45, 2.75) is 60.9 Å². The average Bonchev–Trinajstić information content (AvgIpc) is 3.88. The van der Waals surface area contributed by atoms with Gasteiger partial charge in [0.15, 0.2) is 23.2 Å². The SMILES string of the molecule is CC.CCn1nc(C)c(OCc2ccccc2)c1-c1nnc(-c2c(F)c(C(=O)NCc3ccc(OC)cc3OC)n3cc(C)ncc23)n1Cc1ccc(OC)cc1. The van der Waals surface area contributed by atoms with Crippen molar-refractivity contribution in [3.8, 4) is 45.9 Å². The fraction of sp³-hybridized carbons (Fsp3) is 0.279. The Morgan fingerprint density at radius 2 is 1.56 bits per heavy atom. The molecule has 0 bridgehead atoms. The number of hydrogen-bond acceptors (Lipinski definition) is 9. The van der Waals surface area contributed by atoms with Crippen LogP contribution in [0.4, 0.5) is 4.39 Å². The standard InChI is InChI=1S/C41H41FN8O5.C2H6/c1-7-50-37(38(26(3)47-50)55-24-28-11-9-8-10-12-28)40-46-45-39(49(40)23-27-13-16-30(52-4)17-14-27)34-32-21-43-25(2)22-48(32)36(35(34)42)41(51)44-20-29-15-18-31(53-5)19-33(29)54-6;1-2/h8-19,21-22H,7,20,23-24H2,1-6H3,(H,44,51);1-2H3. The minimum atomic E-state index is -0.776. The van der Waals surface area contributed by atoms with Crippen molar-refractivity contribution in [3.05, 3.63) is 125 Å². The van der Waals surface area contributed by atoms with E-state index in [1.54, 1.807) is 50.2 Å². The van der Waals surface area contributed by atoms with Gasteiger partial charge in [-0.2, -0.15) is 5.10 Å². The van der Waals surface area contributed by atoms with Gasteiger partial charge in [0, 0.05) is 30.9 Å². The van der Waals surface area contributed by atoms with Crippen LogP contribution < -0.4 is 24.3 Å². The van der Waals surface area contributed by atoms with Crippen LogP contribution in [0.3, 0.4) is 0 Å². The summed E-state index contributed by atoms with van der Waals surface area (Å²) in [6, 6.07) is 22.7. The smallest absolute Gasteiger partial charge is 0.271 e. The van der Waals surface area contributed by atoms with Crippen LogP contribution in [0.1, 0.15) is 59.3 Å². The molecule has 7 aromatic rings. The van der Waals surface area contributed by atoms with E-state index in [2.05, 4.69) is 20.5 Å². The fourth-order valence-corrected chi connectivity index (χ4v) is 6.54. The first-order valence-corrected chi connectivity index (χ1v) is 18.7. The highest BCUT2D eigenvalue weighted by molar-refractivity contribution is 5.98. The van der Waals surface area contributed by atoms with Gasteiger partial charge in [-0.05, 0) is 56.2 Å². The van der Waals surface area contributed by atoms with Crippen molar-refractivity contribution in [3.63, 3.8) is 0 Å². The number of aromatic nitrogens is 7. The van der Waals surface area contributed by atoms with Gasteiger partial charge in [-0.15, -0.1) is 10.2 Å². The lowest BCUT2D eigenvalue weighted by atomic mass is 10.1. The largest absolute Gasteiger partial charge is 0.497 e. The molecule has 0 atom stereocenters. The van der Waals surface area contributed by atoms with Crippen molar-refractivity contribution < 1.29 is 28.1 Å². The summed E-state index contributed by atoms with van der Waals surface area (Å²) in [5.74, 6) is 1.54. The predicted molar refractivity (Wildman–Crippen MR) is 215 cm³/mol. The van der Waals surface area contributed by atoms with Gasteiger partial charge in [-0.1, -0.05) is 56.3 Å². The number of amides is 1. The number of benzene rings is 3. The predicted octanol–water partition coefficient (Wildman–Crippen LogP) is 7.84. The number of hydrogen-bond donors (Lipinski definition) is 1. The molecular weight excluding hydrogens is 728 g/mol. The molecule has 0 aliphatic heterocycles. The van der Waals surface area contributed by atoms with E-state index >= 15 is 4.39 Å². The van der Waals surface area contributed by atoms with E-state index in [9.17, 15) is 4.79 Å². The van der Waals surface area contributed by atoms with Crippen molar-refractivity contribution in [1.29, 1.82) is 0 Å². The highest BCUT2D eigenvalue weighted by Crippen LogP contribution is 2.38. The zero-order chi connectivity index (χ0) is 40.6. The molecular formula is C43H47FN8O5. The van der Waals surface area contributed by atoms with Crippen molar-refractivity contribution in [2.24, 2.45) is 0 Å². The van der Waals surface area contributed by atoms with Gasteiger partial charge in [-0.25, -0.2) is 4.39 Å². The summed E-state index contributed by atoms with van der Waals surface area (Å²) in [6.45, 7) is 10.7. The number of aryl methyl sites for hydroxylation is 3. The Morgan fingerprint density at radius 3 is 2.25 bits per heavy atom. The molecule has 0 aliphatic carbocycles. The van der Waals surface area contributed by atoms with Gasteiger partial charge in [0.05, 0.1) is 50.8 Å². The maximum Gasteiger partial charge on any atom is 0.271 e. The topological polar surface area (TPSA) is 132 Å². The Morgan fingerprint density at radius 1 is 0.860 bits per heavy atom. The molecule has 1 N–H and O–H groups in total. The van der Waals surface area contributed by atoms with Gasteiger partial charge >= 0.3 is 0 Å². The molecule has 7 rings (SSSR count). The molecule has 4 heterocycles. The third kappa shape index (κ3) is 8.15. The number of halogens is 1. The molecule has 0 saturated carbocycles. The van der Waals surface area contributed by atoms with E-state index in [0.717, 1.165) is 11.1 Å². The van der Waals surface area contributed by atoms with Crippen molar-refractivity contribution in [2.75, 3.05) is 21.3 Å². The number of carbonyl (C=O) groups is 1. The number of ether oxygens (including phenoxy) is 4. The molecule has 0 radical (unpaired) electrons. The van der Waals surface area contributed by atoms with Crippen LogP contribution in [0.2, 0.25) is 0 Å². The van der Waals surface area contributed by atoms with Gasteiger partial charge < -0.3 is 33.2 Å². The molecule has 0 aliphatic rings. The molecule has 1 amide bonds. The van der Waals surface area contributed by atoms with Crippen LogP contribution in [-0.2, 0) is 26.2 Å². The monoisotopic (exact) mass is 774 g/mol. The second kappa shape index (κ2) is 17.8. The average molecular weight is 775 g/mol.